The van der Waals surface area contributed by atoms with E-state index in [0.29, 0.717) is 106 Å². The molecule has 24 rings (SSSR count). The average Bonchev–Trinajstić information content (AvgIpc) is 0.892. The number of esters is 7. The first-order valence-corrected chi connectivity index (χ1v) is 43.9. The lowest BCUT2D eigenvalue weighted by Crippen LogP contribution is -2.62. The zero-order chi connectivity index (χ0) is 77.5. The molecule has 108 heavy (non-hydrogen) atoms. The summed E-state index contributed by atoms with van der Waals surface area (Å²) in [7, 11) is 0. The minimum Gasteiger partial charge on any atom is -0.458 e. The van der Waals surface area contributed by atoms with Crippen molar-refractivity contribution in [2.75, 3.05) is 6.61 Å². The van der Waals surface area contributed by atoms with E-state index in [4.69, 9.17) is 33.2 Å². The van der Waals surface area contributed by atoms with Gasteiger partial charge >= 0.3 is 41.8 Å². The fourth-order valence-electron chi connectivity index (χ4n) is 29.5. The van der Waals surface area contributed by atoms with E-state index in [-0.39, 0.29) is 70.1 Å². The first kappa shape index (κ1) is 81.0. The van der Waals surface area contributed by atoms with E-state index in [1.54, 1.807) is 27.7 Å². The Morgan fingerprint density at radius 1 is 0.324 bits per heavy atom. The zero-order valence-electron chi connectivity index (χ0n) is 68.8. The minimum atomic E-state index is -0.540. The summed E-state index contributed by atoms with van der Waals surface area (Å²) in [6.45, 7) is 41.8. The molecule has 0 aromatic rings. The Labute approximate surface area is 649 Å². The predicted molar refractivity (Wildman–Crippen MR) is 418 cm³/mol. The number of hydrogen-bond donors (Lipinski definition) is 0. The summed E-state index contributed by atoms with van der Waals surface area (Å²) in [4.78, 5) is 82.5. The van der Waals surface area contributed by atoms with E-state index in [2.05, 4.69) is 81.4 Å². The molecular formula is C94H140O14. The van der Waals surface area contributed by atoms with E-state index in [1.807, 2.05) is 6.92 Å². The molecule has 0 unspecified atom stereocenters. The first-order valence-electron chi connectivity index (χ1n) is 43.9. The maximum Gasteiger partial charge on any atom is 0.344 e. The Balaban J connectivity index is 0.000000114. The maximum absolute atomic E-state index is 12.1. The van der Waals surface area contributed by atoms with Gasteiger partial charge in [-0.3, -0.25) is 4.79 Å². The Bertz CT molecular complexity index is 3260. The van der Waals surface area contributed by atoms with Crippen LogP contribution in [0.5, 0.6) is 0 Å². The van der Waals surface area contributed by atoms with Crippen LogP contribution >= 0.6 is 0 Å². The Kier molecular flexibility index (Phi) is 23.8. The highest BCUT2D eigenvalue weighted by molar-refractivity contribution is 5.89. The van der Waals surface area contributed by atoms with Crippen molar-refractivity contribution < 1.29 is 66.7 Å². The topological polar surface area (TPSA) is 184 Å². The normalized spacial score (nSPS) is 45.0. The number of rotatable bonds is 17. The van der Waals surface area contributed by atoms with Crippen molar-refractivity contribution in [3.8, 4) is 0 Å². The smallest absolute Gasteiger partial charge is 0.344 e. The molecule has 0 aromatic carbocycles. The molecule has 0 spiro atoms. The van der Waals surface area contributed by atoms with Crippen LogP contribution in [-0.2, 0) is 66.7 Å². The van der Waals surface area contributed by atoms with E-state index in [1.165, 1.54) is 199 Å². The van der Waals surface area contributed by atoms with Gasteiger partial charge in [0, 0.05) is 34.8 Å². The molecule has 0 aromatic heterocycles. The highest BCUT2D eigenvalue weighted by Gasteiger charge is 2.65. The van der Waals surface area contributed by atoms with Gasteiger partial charge in [-0.15, -0.1) is 0 Å². The average molecular weight is 1490 g/mol. The van der Waals surface area contributed by atoms with Gasteiger partial charge in [0.2, 0.25) is 0 Å². The molecule has 0 amide bonds. The molecule has 0 aliphatic heterocycles. The molecule has 0 radical (unpaired) electrons. The predicted octanol–water partition coefficient (Wildman–Crippen LogP) is 20.3. The SMILES string of the molecule is C=C(C)C(=O)OC1(C(C)C)C2CC3CC(C2)CC1C3.C=C(C)C(=O)OC1(C)C2CC3CC(C2)CC1C3.C=C(C)C(=O)OC1(CC)C2CC3CC(C2)CC1C3.C=C(C)C(=O)OCC(=O)OC1(C)C2CC3CC(C2)CC1C3.C=CC(=O)OC1(C)C2CC3CC(C2)CC1C3.CCC(=O)OC1(CC)C2CC3CC(C2)CC1C3. The van der Waals surface area contributed by atoms with Crippen LogP contribution in [0, 0.1) is 148 Å². The van der Waals surface area contributed by atoms with Crippen molar-refractivity contribution in [3.05, 3.63) is 61.3 Å². The standard InChI is InChI=1S/C17H24O4.C17H26O2.C16H24O2.C15H22O2.C15H24O2.C14H20O2/c1-10(2)16(19)20-9-15(18)21-17(3)13-5-11-4-12(7-13)8-14(17)6-11;1-10(2)16(18)19-17(11(3)4)14-6-12-5-13(8-14)9-15(17)7-12;1-4-16(18-15(17)10(2)3)13-6-11-5-12(8-13)9-14(16)7-11;1-9(2)14(16)17-15(3)12-5-10-4-11(7-12)8-13(15)6-10;1-3-14(16)17-15(4-2)12-6-10-5-11(8-12)9-13(15)7-10;1-3-13(15)16-14(2)11-5-9-4-10(7-11)8-12(14)6-9/h11-14H,1,4-9H2,2-3H3;11-15H,1,5-9H2,2-4H3;11-14H,2,4-9H2,1,3H3;10-13H,1,4-8H2,2-3H3;10-13H,3-9H2,1-2H3;3,9-12H,1,4-8H2,2H3. The third-order valence-electron chi connectivity index (χ3n) is 33.7. The molecule has 0 saturated heterocycles. The summed E-state index contributed by atoms with van der Waals surface area (Å²) < 4.78 is 40.3. The summed E-state index contributed by atoms with van der Waals surface area (Å²) in [5.41, 5.74) is 0.685. The van der Waals surface area contributed by atoms with Crippen LogP contribution in [0.4, 0.5) is 0 Å². The summed E-state index contributed by atoms with van der Waals surface area (Å²) in [5, 5.41) is 0. The number of carbonyl (C=O) groups excluding carboxylic acids is 7. The summed E-state index contributed by atoms with van der Waals surface area (Å²) in [5.74, 6) is 16.6. The van der Waals surface area contributed by atoms with Gasteiger partial charge in [0.05, 0.1) is 0 Å². The van der Waals surface area contributed by atoms with Crippen LogP contribution in [0.3, 0.4) is 0 Å². The van der Waals surface area contributed by atoms with Gasteiger partial charge < -0.3 is 33.2 Å². The van der Waals surface area contributed by atoms with Crippen LogP contribution in [-0.4, -0.2) is 82.0 Å². The van der Waals surface area contributed by atoms with Gasteiger partial charge in [-0.25, -0.2) is 28.8 Å². The first-order chi connectivity index (χ1) is 51.1. The molecule has 24 saturated carbocycles. The lowest BCUT2D eigenvalue weighted by atomic mass is 9.47. The van der Waals surface area contributed by atoms with Gasteiger partial charge in [-0.1, -0.05) is 67.5 Å². The molecule has 14 heteroatoms. The molecule has 0 N–H and O–H groups in total. The second-order valence-corrected chi connectivity index (χ2v) is 40.8. The zero-order valence-corrected chi connectivity index (χ0v) is 68.8. The number of hydrogen-bond acceptors (Lipinski definition) is 14. The largest absolute Gasteiger partial charge is 0.458 e. The highest BCUT2D eigenvalue weighted by atomic mass is 16.6. The second kappa shape index (κ2) is 31.8. The number of ether oxygens (including phenoxy) is 7. The van der Waals surface area contributed by atoms with Crippen molar-refractivity contribution in [1.82, 2.24) is 0 Å². The summed E-state index contributed by atoms with van der Waals surface area (Å²) >= 11 is 0. The van der Waals surface area contributed by atoms with Crippen molar-refractivity contribution in [1.29, 1.82) is 0 Å². The summed E-state index contributed by atoms with van der Waals surface area (Å²) in [6, 6.07) is 0. The monoisotopic (exact) mass is 1490 g/mol. The van der Waals surface area contributed by atoms with Crippen LogP contribution < -0.4 is 0 Å². The van der Waals surface area contributed by atoms with Crippen molar-refractivity contribution in [3.63, 3.8) is 0 Å². The van der Waals surface area contributed by atoms with Crippen molar-refractivity contribution >= 4 is 41.8 Å². The van der Waals surface area contributed by atoms with E-state index >= 15 is 0 Å². The Hall–Kier alpha value is -5.01. The lowest BCUT2D eigenvalue weighted by Gasteiger charge is -2.61. The highest BCUT2D eigenvalue weighted by Crippen LogP contribution is 2.67. The molecule has 0 heterocycles. The molecule has 24 aliphatic carbocycles. The second-order valence-electron chi connectivity index (χ2n) is 40.8. The number of carbonyl (C=O) groups is 7. The van der Waals surface area contributed by atoms with Crippen LogP contribution in [0.2, 0.25) is 0 Å². The molecule has 24 bridgehead atoms. The third-order valence-corrected chi connectivity index (χ3v) is 33.7. The molecule has 24 aliphatic rings. The van der Waals surface area contributed by atoms with Gasteiger partial charge in [0.25, 0.3) is 0 Å². The molecule has 600 valence electrons. The van der Waals surface area contributed by atoms with Gasteiger partial charge in [-0.05, 0) is 402 Å². The van der Waals surface area contributed by atoms with Crippen molar-refractivity contribution in [2.45, 2.75) is 329 Å². The lowest BCUT2D eigenvalue weighted by molar-refractivity contribution is -0.221. The van der Waals surface area contributed by atoms with Gasteiger partial charge in [0.1, 0.15) is 33.6 Å². The van der Waals surface area contributed by atoms with Crippen LogP contribution in [0.15, 0.2) is 61.3 Å². The third kappa shape index (κ3) is 15.7. The van der Waals surface area contributed by atoms with Gasteiger partial charge in [0.15, 0.2) is 6.61 Å². The quantitative estimate of drug-likeness (QED) is 0.0761. The fraction of sp³-hybridized carbons (Fsp3) is 0.819. The maximum atomic E-state index is 12.1. The Morgan fingerprint density at radius 2 is 0.574 bits per heavy atom. The minimum absolute atomic E-state index is 0.0133. The van der Waals surface area contributed by atoms with E-state index in [9.17, 15) is 33.6 Å². The Morgan fingerprint density at radius 3 is 0.843 bits per heavy atom. The molecule has 24 fully saturated rings. The van der Waals surface area contributed by atoms with E-state index in [0.717, 1.165) is 83.9 Å². The molecule has 0 atom stereocenters. The van der Waals surface area contributed by atoms with Gasteiger partial charge in [-0.2, -0.15) is 0 Å². The fourth-order valence-corrected chi connectivity index (χ4v) is 29.5. The van der Waals surface area contributed by atoms with Crippen LogP contribution in [0.25, 0.3) is 0 Å². The molecular weight excluding hydrogens is 1350 g/mol. The van der Waals surface area contributed by atoms with E-state index < -0.39 is 11.9 Å². The molecule has 14 nitrogen and oxygen atoms in total. The van der Waals surface area contributed by atoms with Crippen LogP contribution in [0.1, 0.15) is 295 Å². The summed E-state index contributed by atoms with van der Waals surface area (Å²) in [6.07, 6.45) is 42.7. The van der Waals surface area contributed by atoms with Crippen molar-refractivity contribution in [2.24, 2.45) is 148 Å².